The number of carbonyl (C=O) groups is 3. The lowest BCUT2D eigenvalue weighted by Crippen LogP contribution is -2.44. The molecule has 0 saturated carbocycles. The normalized spacial score (nSPS) is 21.2. The predicted octanol–water partition coefficient (Wildman–Crippen LogP) is 3.34. The Morgan fingerprint density at radius 3 is 2.70 bits per heavy atom. The molecule has 2 aliphatic rings. The minimum absolute atomic E-state index is 0.0912. The summed E-state index contributed by atoms with van der Waals surface area (Å²) in [5.41, 5.74) is 1.71. The summed E-state index contributed by atoms with van der Waals surface area (Å²) in [5.74, 6) is -0.328. The molecule has 33 heavy (non-hydrogen) atoms. The number of likely N-dealkylation sites (N-methyl/N-ethyl adjacent to an activating group) is 1. The minimum atomic E-state index is -0.862. The van der Waals surface area contributed by atoms with Gasteiger partial charge in [0.2, 0.25) is 0 Å². The lowest BCUT2D eigenvalue weighted by molar-refractivity contribution is -0.119. The van der Waals surface area contributed by atoms with Crippen molar-refractivity contribution in [1.29, 1.82) is 0 Å². The number of amides is 4. The van der Waals surface area contributed by atoms with Crippen LogP contribution in [0.3, 0.4) is 0 Å². The van der Waals surface area contributed by atoms with Crippen molar-refractivity contribution in [2.75, 3.05) is 25.1 Å². The number of rotatable bonds is 3. The molecule has 2 atom stereocenters. The van der Waals surface area contributed by atoms with Crippen molar-refractivity contribution in [2.45, 2.75) is 64.8 Å². The summed E-state index contributed by atoms with van der Waals surface area (Å²) in [4.78, 5) is 40.2. The summed E-state index contributed by atoms with van der Waals surface area (Å²) in [6.45, 7) is 7.73. The molecule has 2 aliphatic heterocycles. The Balaban J connectivity index is 1.53. The third kappa shape index (κ3) is 4.66. The van der Waals surface area contributed by atoms with Crippen LogP contribution in [0, 0.1) is 6.92 Å². The van der Waals surface area contributed by atoms with Gasteiger partial charge in [-0.15, -0.1) is 0 Å². The van der Waals surface area contributed by atoms with Crippen molar-refractivity contribution in [3.05, 3.63) is 23.9 Å². The fraction of sp³-hybridized carbons (Fsp3) is 0.565. The molecule has 1 N–H and O–H groups in total. The largest absolute Gasteiger partial charge is 0.443 e. The van der Waals surface area contributed by atoms with Crippen LogP contribution in [-0.2, 0) is 14.3 Å². The van der Waals surface area contributed by atoms with Crippen LogP contribution in [0.25, 0.3) is 10.9 Å². The monoisotopic (exact) mass is 457 g/mol. The zero-order valence-electron chi connectivity index (χ0n) is 19.8. The summed E-state index contributed by atoms with van der Waals surface area (Å²) < 4.78 is 13.1. The Morgan fingerprint density at radius 1 is 1.27 bits per heavy atom. The number of imide groups is 1. The molecule has 4 rings (SSSR count). The van der Waals surface area contributed by atoms with Gasteiger partial charge < -0.3 is 19.7 Å². The van der Waals surface area contributed by atoms with Gasteiger partial charge in [0.25, 0.3) is 5.91 Å². The van der Waals surface area contributed by atoms with E-state index >= 15 is 0 Å². The maximum Gasteiger partial charge on any atom is 0.418 e. The quantitative estimate of drug-likeness (QED) is 0.758. The molecule has 10 heteroatoms. The van der Waals surface area contributed by atoms with Gasteiger partial charge in [0.1, 0.15) is 11.6 Å². The summed E-state index contributed by atoms with van der Waals surface area (Å²) in [7, 11) is 1.65. The number of hydrogen-bond acceptors (Lipinski definition) is 6. The zero-order valence-corrected chi connectivity index (χ0v) is 19.8. The van der Waals surface area contributed by atoms with Crippen molar-refractivity contribution in [2.24, 2.45) is 0 Å². The highest BCUT2D eigenvalue weighted by molar-refractivity contribution is 6.04. The summed E-state index contributed by atoms with van der Waals surface area (Å²) in [6, 6.07) is 4.20. The molecule has 2 unspecified atom stereocenters. The van der Waals surface area contributed by atoms with Gasteiger partial charge in [0.05, 0.1) is 17.8 Å². The van der Waals surface area contributed by atoms with E-state index in [0.29, 0.717) is 12.3 Å². The van der Waals surface area contributed by atoms with E-state index in [9.17, 15) is 14.4 Å². The van der Waals surface area contributed by atoms with E-state index in [4.69, 9.17) is 9.47 Å². The fourth-order valence-electron chi connectivity index (χ4n) is 4.14. The number of anilines is 1. The van der Waals surface area contributed by atoms with Crippen molar-refractivity contribution in [1.82, 2.24) is 20.0 Å². The second-order valence-electron chi connectivity index (χ2n) is 9.54. The third-order valence-corrected chi connectivity index (χ3v) is 5.84. The topological polar surface area (TPSA) is 106 Å². The molecule has 2 saturated heterocycles. The average molecular weight is 458 g/mol. The van der Waals surface area contributed by atoms with Crippen LogP contribution in [0.2, 0.25) is 0 Å². The Kier molecular flexibility index (Phi) is 6.04. The van der Waals surface area contributed by atoms with Crippen LogP contribution in [0.15, 0.2) is 18.2 Å². The van der Waals surface area contributed by atoms with Crippen LogP contribution in [-0.4, -0.2) is 64.6 Å². The van der Waals surface area contributed by atoms with Crippen LogP contribution in [0.5, 0.6) is 0 Å². The molecule has 1 aromatic carbocycles. The molecule has 178 valence electrons. The maximum absolute atomic E-state index is 13.2. The number of hydrogen-bond donors (Lipinski definition) is 1. The predicted molar refractivity (Wildman–Crippen MR) is 122 cm³/mol. The van der Waals surface area contributed by atoms with Crippen molar-refractivity contribution < 1.29 is 23.9 Å². The lowest BCUT2D eigenvalue weighted by Gasteiger charge is -2.24. The highest BCUT2D eigenvalue weighted by Crippen LogP contribution is 2.30. The summed E-state index contributed by atoms with van der Waals surface area (Å²) in [5, 5.41) is 8.26. The number of aryl methyl sites for hydroxylation is 1. The van der Waals surface area contributed by atoms with Gasteiger partial charge in [0, 0.05) is 24.7 Å². The molecule has 2 aromatic rings. The van der Waals surface area contributed by atoms with Crippen molar-refractivity contribution in [3.63, 3.8) is 0 Å². The van der Waals surface area contributed by atoms with Crippen LogP contribution < -0.4 is 10.2 Å². The number of carbonyl (C=O) groups excluding carboxylic acids is 3. The second kappa shape index (κ2) is 8.66. The zero-order chi connectivity index (χ0) is 23.9. The number of fused-ring (bicyclic) bond motifs is 1. The van der Waals surface area contributed by atoms with E-state index in [1.165, 1.54) is 4.90 Å². The molecule has 10 nitrogen and oxygen atoms in total. The molecule has 4 amide bonds. The molecule has 0 aliphatic carbocycles. The first kappa shape index (κ1) is 23.0. The second-order valence-corrected chi connectivity index (χ2v) is 9.54. The Hall–Kier alpha value is -3.14. The van der Waals surface area contributed by atoms with Gasteiger partial charge in [-0.25, -0.2) is 19.2 Å². The first-order chi connectivity index (χ1) is 15.5. The van der Waals surface area contributed by atoms with Gasteiger partial charge in [-0.1, -0.05) is 0 Å². The minimum Gasteiger partial charge on any atom is -0.443 e. The molecule has 3 heterocycles. The lowest BCUT2D eigenvalue weighted by atomic mass is 10.1. The van der Waals surface area contributed by atoms with E-state index in [1.54, 1.807) is 27.8 Å². The SMILES string of the molecule is Cc1nn(C2CCCCO2)c2cc(N(C)C(=O)C3CN(C(=O)OC(C)(C)C)C(=O)N3)ccc12. The Morgan fingerprint density at radius 2 is 2.03 bits per heavy atom. The number of benzene rings is 1. The van der Waals surface area contributed by atoms with Gasteiger partial charge in [-0.2, -0.15) is 5.10 Å². The van der Waals surface area contributed by atoms with Gasteiger partial charge in [0.15, 0.2) is 6.23 Å². The highest BCUT2D eigenvalue weighted by atomic mass is 16.6. The molecule has 0 radical (unpaired) electrons. The molecule has 0 bridgehead atoms. The maximum atomic E-state index is 13.2. The van der Waals surface area contributed by atoms with Crippen LogP contribution in [0.4, 0.5) is 15.3 Å². The number of aromatic nitrogens is 2. The fourth-order valence-corrected chi connectivity index (χ4v) is 4.14. The first-order valence-corrected chi connectivity index (χ1v) is 11.2. The number of nitrogens with zero attached hydrogens (tertiary/aromatic N) is 4. The summed E-state index contributed by atoms with van der Waals surface area (Å²) >= 11 is 0. The standard InChI is InChI=1S/C23H31N5O5/c1-14-16-10-9-15(12-18(16)28(25-14)19-8-6-7-11-32-19)26(5)20(29)17-13-27(21(30)24-17)22(31)33-23(2,3)4/h9-10,12,17,19H,6-8,11,13H2,1-5H3,(H,24,30). The van der Waals surface area contributed by atoms with Crippen LogP contribution >= 0.6 is 0 Å². The van der Waals surface area contributed by atoms with E-state index < -0.39 is 23.8 Å². The molecular formula is C23H31N5O5. The molecule has 0 spiro atoms. The average Bonchev–Trinajstić information content (AvgIpc) is 3.32. The molecule has 1 aromatic heterocycles. The number of nitrogens with one attached hydrogen (secondary N) is 1. The highest BCUT2D eigenvalue weighted by Gasteiger charge is 2.40. The number of urea groups is 1. The van der Waals surface area contributed by atoms with E-state index in [1.807, 2.05) is 29.8 Å². The third-order valence-electron chi connectivity index (χ3n) is 5.84. The van der Waals surface area contributed by atoms with E-state index in [-0.39, 0.29) is 18.7 Å². The van der Waals surface area contributed by atoms with E-state index in [0.717, 1.165) is 40.8 Å². The number of ether oxygens (including phenoxy) is 2. The van der Waals surface area contributed by atoms with E-state index in [2.05, 4.69) is 10.4 Å². The molecular weight excluding hydrogens is 426 g/mol. The smallest absolute Gasteiger partial charge is 0.418 e. The van der Waals surface area contributed by atoms with Crippen molar-refractivity contribution >= 4 is 34.6 Å². The first-order valence-electron chi connectivity index (χ1n) is 11.2. The van der Waals surface area contributed by atoms with Gasteiger partial charge in [-0.05, 0) is 65.2 Å². The van der Waals surface area contributed by atoms with Crippen LogP contribution in [0.1, 0.15) is 52.0 Å². The molecule has 2 fully saturated rings. The van der Waals surface area contributed by atoms with Gasteiger partial charge >= 0.3 is 12.1 Å². The van der Waals surface area contributed by atoms with Gasteiger partial charge in [-0.3, -0.25) is 4.79 Å². The Bertz CT molecular complexity index is 1080. The van der Waals surface area contributed by atoms with Crippen molar-refractivity contribution in [3.8, 4) is 0 Å². The Labute approximate surface area is 192 Å². The summed E-state index contributed by atoms with van der Waals surface area (Å²) in [6.07, 6.45) is 2.13.